The zero-order valence-electron chi connectivity index (χ0n) is 16.6. The fraction of sp³-hybridized carbons (Fsp3) is 0.0870. The van der Waals surface area contributed by atoms with Crippen LogP contribution in [0.15, 0.2) is 77.0 Å². The predicted octanol–water partition coefficient (Wildman–Crippen LogP) is 4.52. The Morgan fingerprint density at radius 3 is 2.42 bits per heavy atom. The molecule has 7 nitrogen and oxygen atoms in total. The summed E-state index contributed by atoms with van der Waals surface area (Å²) in [5.41, 5.74) is 1.30. The Balaban J connectivity index is 1.83. The number of amides is 2. The molecule has 0 aliphatic rings. The number of benzene rings is 2. The lowest BCUT2D eigenvalue weighted by Crippen LogP contribution is -2.30. The van der Waals surface area contributed by atoms with E-state index < -0.39 is 17.8 Å². The van der Waals surface area contributed by atoms with Crippen LogP contribution in [0.5, 0.6) is 0 Å². The highest BCUT2D eigenvalue weighted by Gasteiger charge is 2.17. The quantitative estimate of drug-likeness (QED) is 0.417. The van der Waals surface area contributed by atoms with E-state index in [2.05, 4.69) is 10.6 Å². The number of nitrogens with one attached hydrogen (secondary N) is 2. The minimum atomic E-state index is -0.587. The van der Waals surface area contributed by atoms with Gasteiger partial charge in [-0.2, -0.15) is 0 Å². The molecule has 0 bridgehead atoms. The van der Waals surface area contributed by atoms with Gasteiger partial charge in [-0.15, -0.1) is 0 Å². The minimum Gasteiger partial charge on any atom is -0.462 e. The number of anilines is 1. The van der Waals surface area contributed by atoms with Crippen LogP contribution in [0.1, 0.15) is 33.4 Å². The Bertz CT molecular complexity index is 1110. The standard InChI is InChI=1S/C23H19ClN2O5/c1-2-30-23(29)15-9-11-17(12-10-15)25-21(27)19(14-16-6-3-4-7-18(16)24)26-22(28)20-8-5-13-31-20/h3-14H,2H2,1H3,(H,25,27)(H,26,28)/b19-14-. The minimum absolute atomic E-state index is 0.0380. The molecule has 0 spiro atoms. The molecule has 1 heterocycles. The van der Waals surface area contributed by atoms with Gasteiger partial charge in [0, 0.05) is 10.7 Å². The third-order valence-electron chi connectivity index (χ3n) is 4.10. The van der Waals surface area contributed by atoms with Crippen LogP contribution < -0.4 is 10.6 Å². The van der Waals surface area contributed by atoms with Crippen LogP contribution in [-0.2, 0) is 9.53 Å². The number of hydrogen-bond donors (Lipinski definition) is 2. The van der Waals surface area contributed by atoms with Gasteiger partial charge in [0.1, 0.15) is 5.70 Å². The lowest BCUT2D eigenvalue weighted by atomic mass is 10.1. The highest BCUT2D eigenvalue weighted by atomic mass is 35.5. The van der Waals surface area contributed by atoms with E-state index in [9.17, 15) is 14.4 Å². The van der Waals surface area contributed by atoms with Crippen LogP contribution in [0, 0.1) is 0 Å². The van der Waals surface area contributed by atoms with Gasteiger partial charge in [0.2, 0.25) is 0 Å². The normalized spacial score (nSPS) is 11.0. The summed E-state index contributed by atoms with van der Waals surface area (Å²) >= 11 is 6.19. The van der Waals surface area contributed by atoms with E-state index in [1.165, 1.54) is 30.5 Å². The Morgan fingerprint density at radius 2 is 1.77 bits per heavy atom. The molecule has 0 aliphatic heterocycles. The van der Waals surface area contributed by atoms with Crippen molar-refractivity contribution in [2.45, 2.75) is 6.92 Å². The molecule has 2 aromatic carbocycles. The van der Waals surface area contributed by atoms with Crippen molar-refractivity contribution < 1.29 is 23.5 Å². The van der Waals surface area contributed by atoms with Gasteiger partial charge >= 0.3 is 5.97 Å². The topological polar surface area (TPSA) is 97.6 Å². The monoisotopic (exact) mass is 438 g/mol. The number of carbonyl (C=O) groups is 3. The lowest BCUT2D eigenvalue weighted by molar-refractivity contribution is -0.113. The van der Waals surface area contributed by atoms with Gasteiger partial charge in [-0.25, -0.2) is 4.79 Å². The SMILES string of the molecule is CCOC(=O)c1ccc(NC(=O)/C(=C/c2ccccc2Cl)NC(=O)c2ccco2)cc1. The molecule has 3 aromatic rings. The van der Waals surface area contributed by atoms with E-state index in [0.29, 0.717) is 21.8 Å². The maximum absolute atomic E-state index is 12.9. The van der Waals surface area contributed by atoms with Gasteiger partial charge in [0.05, 0.1) is 18.4 Å². The number of rotatable bonds is 7. The highest BCUT2D eigenvalue weighted by Crippen LogP contribution is 2.19. The van der Waals surface area contributed by atoms with E-state index >= 15 is 0 Å². The van der Waals surface area contributed by atoms with Gasteiger partial charge < -0.3 is 19.8 Å². The lowest BCUT2D eigenvalue weighted by Gasteiger charge is -2.11. The van der Waals surface area contributed by atoms with Crippen molar-refractivity contribution in [1.82, 2.24) is 5.32 Å². The van der Waals surface area contributed by atoms with Crippen LogP contribution in [0.3, 0.4) is 0 Å². The molecule has 8 heteroatoms. The van der Waals surface area contributed by atoms with Crippen molar-refractivity contribution >= 4 is 41.1 Å². The number of esters is 1. The molecule has 0 fully saturated rings. The van der Waals surface area contributed by atoms with Gasteiger partial charge in [-0.05, 0) is 61.0 Å². The average molecular weight is 439 g/mol. The molecule has 2 amide bonds. The van der Waals surface area contributed by atoms with Crippen molar-refractivity contribution in [3.05, 3.63) is 94.5 Å². The zero-order valence-corrected chi connectivity index (χ0v) is 17.3. The second-order valence-corrected chi connectivity index (χ2v) is 6.67. The molecule has 0 atom stereocenters. The molecule has 1 aromatic heterocycles. The first-order valence-corrected chi connectivity index (χ1v) is 9.75. The largest absolute Gasteiger partial charge is 0.462 e. The van der Waals surface area contributed by atoms with Crippen molar-refractivity contribution in [2.75, 3.05) is 11.9 Å². The molecule has 158 valence electrons. The van der Waals surface area contributed by atoms with E-state index in [1.54, 1.807) is 49.4 Å². The number of furan rings is 1. The summed E-state index contributed by atoms with van der Waals surface area (Å²) in [6, 6.07) is 16.1. The van der Waals surface area contributed by atoms with Crippen LogP contribution in [0.25, 0.3) is 6.08 Å². The van der Waals surface area contributed by atoms with Crippen LogP contribution >= 0.6 is 11.6 Å². The first-order valence-electron chi connectivity index (χ1n) is 9.37. The summed E-state index contributed by atoms with van der Waals surface area (Å²) in [5, 5.41) is 5.64. The molecule has 0 saturated heterocycles. The number of ether oxygens (including phenoxy) is 1. The summed E-state index contributed by atoms with van der Waals surface area (Å²) in [6.45, 7) is 1.99. The molecule has 3 rings (SSSR count). The second-order valence-electron chi connectivity index (χ2n) is 6.26. The summed E-state index contributed by atoms with van der Waals surface area (Å²) < 4.78 is 10.0. The Labute approximate surface area is 183 Å². The summed E-state index contributed by atoms with van der Waals surface area (Å²) in [4.78, 5) is 37.1. The first kappa shape index (κ1) is 21.9. The zero-order chi connectivity index (χ0) is 22.2. The van der Waals surface area contributed by atoms with E-state index in [-0.39, 0.29) is 18.1 Å². The second kappa shape index (κ2) is 10.3. The number of halogens is 1. The molecule has 0 aliphatic carbocycles. The molecular formula is C23H19ClN2O5. The van der Waals surface area contributed by atoms with Crippen LogP contribution in [0.4, 0.5) is 5.69 Å². The smallest absolute Gasteiger partial charge is 0.338 e. The summed E-state index contributed by atoms with van der Waals surface area (Å²) in [6.07, 6.45) is 2.82. The number of hydrogen-bond acceptors (Lipinski definition) is 5. The van der Waals surface area contributed by atoms with Crippen molar-refractivity contribution in [3.8, 4) is 0 Å². The predicted molar refractivity (Wildman–Crippen MR) is 117 cm³/mol. The van der Waals surface area contributed by atoms with Gasteiger partial charge in [0.15, 0.2) is 5.76 Å². The Morgan fingerprint density at radius 1 is 1.03 bits per heavy atom. The fourth-order valence-electron chi connectivity index (χ4n) is 2.60. The van der Waals surface area contributed by atoms with Gasteiger partial charge in [0.25, 0.3) is 11.8 Å². The number of carbonyl (C=O) groups excluding carboxylic acids is 3. The average Bonchev–Trinajstić information content (AvgIpc) is 3.30. The van der Waals surface area contributed by atoms with Crippen molar-refractivity contribution in [2.24, 2.45) is 0 Å². The molecule has 0 radical (unpaired) electrons. The fourth-order valence-corrected chi connectivity index (χ4v) is 2.79. The molecule has 31 heavy (non-hydrogen) atoms. The van der Waals surface area contributed by atoms with E-state index in [4.69, 9.17) is 20.8 Å². The Kier molecular flexibility index (Phi) is 7.24. The molecule has 0 saturated carbocycles. The Hall–Kier alpha value is -3.84. The van der Waals surface area contributed by atoms with Crippen molar-refractivity contribution in [3.63, 3.8) is 0 Å². The van der Waals surface area contributed by atoms with Crippen LogP contribution in [-0.4, -0.2) is 24.4 Å². The van der Waals surface area contributed by atoms with Gasteiger partial charge in [-0.1, -0.05) is 29.8 Å². The van der Waals surface area contributed by atoms with E-state index in [0.717, 1.165) is 0 Å². The third kappa shape index (κ3) is 5.83. The van der Waals surface area contributed by atoms with E-state index in [1.807, 2.05) is 0 Å². The maximum atomic E-state index is 12.9. The maximum Gasteiger partial charge on any atom is 0.338 e. The summed E-state index contributed by atoms with van der Waals surface area (Å²) in [7, 11) is 0. The van der Waals surface area contributed by atoms with Crippen LogP contribution in [0.2, 0.25) is 5.02 Å². The molecule has 0 unspecified atom stereocenters. The molecule has 2 N–H and O–H groups in total. The van der Waals surface area contributed by atoms with Gasteiger partial charge in [-0.3, -0.25) is 9.59 Å². The highest BCUT2D eigenvalue weighted by molar-refractivity contribution is 6.32. The molecular weight excluding hydrogens is 420 g/mol. The summed E-state index contributed by atoms with van der Waals surface area (Å²) in [5.74, 6) is -1.57. The van der Waals surface area contributed by atoms with Crippen molar-refractivity contribution in [1.29, 1.82) is 0 Å². The first-order chi connectivity index (χ1) is 15.0. The third-order valence-corrected chi connectivity index (χ3v) is 4.44.